The Bertz CT molecular complexity index is 320. The van der Waals surface area contributed by atoms with Crippen LogP contribution in [-0.2, 0) is 6.54 Å². The molecular formula is C10H17N3O2. The molecule has 15 heavy (non-hydrogen) atoms. The van der Waals surface area contributed by atoms with Crippen LogP contribution in [0.2, 0.25) is 0 Å². The Morgan fingerprint density at radius 1 is 1.53 bits per heavy atom. The minimum absolute atomic E-state index is 0.198. The zero-order chi connectivity index (χ0) is 11.3. The van der Waals surface area contributed by atoms with Gasteiger partial charge in [0.2, 0.25) is 0 Å². The van der Waals surface area contributed by atoms with Crippen LogP contribution in [0.3, 0.4) is 0 Å². The van der Waals surface area contributed by atoms with E-state index in [0.29, 0.717) is 24.6 Å². The molecule has 5 nitrogen and oxygen atoms in total. The number of nitrogens with one attached hydrogen (secondary N) is 1. The maximum absolute atomic E-state index is 11.5. The summed E-state index contributed by atoms with van der Waals surface area (Å²) >= 11 is 0. The van der Waals surface area contributed by atoms with E-state index < -0.39 is 0 Å². The SMILES string of the molecule is CN(C)CCNC(=O)c1ccc(CN)o1. The lowest BCUT2D eigenvalue weighted by molar-refractivity contribution is 0.0921. The van der Waals surface area contributed by atoms with E-state index >= 15 is 0 Å². The average Bonchev–Trinajstić information content (AvgIpc) is 2.65. The van der Waals surface area contributed by atoms with Crippen molar-refractivity contribution in [2.45, 2.75) is 6.54 Å². The molecule has 0 spiro atoms. The number of nitrogens with two attached hydrogens (primary N) is 1. The minimum Gasteiger partial charge on any atom is -0.455 e. The van der Waals surface area contributed by atoms with Crippen molar-refractivity contribution in [3.63, 3.8) is 0 Å². The molecule has 0 bridgehead atoms. The molecule has 0 aromatic carbocycles. The van der Waals surface area contributed by atoms with E-state index in [1.165, 1.54) is 0 Å². The van der Waals surface area contributed by atoms with Crippen molar-refractivity contribution in [3.05, 3.63) is 23.7 Å². The molecule has 1 aromatic heterocycles. The fraction of sp³-hybridized carbons (Fsp3) is 0.500. The van der Waals surface area contributed by atoms with Crippen molar-refractivity contribution in [3.8, 4) is 0 Å². The molecule has 0 aliphatic rings. The van der Waals surface area contributed by atoms with E-state index in [1.54, 1.807) is 12.1 Å². The molecule has 1 rings (SSSR count). The van der Waals surface area contributed by atoms with Crippen molar-refractivity contribution in [1.29, 1.82) is 0 Å². The molecule has 0 saturated heterocycles. The zero-order valence-corrected chi connectivity index (χ0v) is 9.12. The average molecular weight is 211 g/mol. The van der Waals surface area contributed by atoms with Gasteiger partial charge in [-0.2, -0.15) is 0 Å². The highest BCUT2D eigenvalue weighted by molar-refractivity contribution is 5.91. The fourth-order valence-electron chi connectivity index (χ4n) is 1.09. The van der Waals surface area contributed by atoms with Gasteiger partial charge in [0, 0.05) is 13.1 Å². The van der Waals surface area contributed by atoms with Gasteiger partial charge in [-0.1, -0.05) is 0 Å². The van der Waals surface area contributed by atoms with Gasteiger partial charge in [-0.15, -0.1) is 0 Å². The number of amides is 1. The van der Waals surface area contributed by atoms with Crippen LogP contribution in [0.1, 0.15) is 16.3 Å². The summed E-state index contributed by atoms with van der Waals surface area (Å²) in [6.45, 7) is 1.71. The van der Waals surface area contributed by atoms with Crippen LogP contribution >= 0.6 is 0 Å². The van der Waals surface area contributed by atoms with Crippen molar-refractivity contribution >= 4 is 5.91 Å². The van der Waals surface area contributed by atoms with Crippen molar-refractivity contribution in [2.24, 2.45) is 5.73 Å². The third-order valence-corrected chi connectivity index (χ3v) is 1.93. The molecule has 0 radical (unpaired) electrons. The number of rotatable bonds is 5. The van der Waals surface area contributed by atoms with Crippen molar-refractivity contribution < 1.29 is 9.21 Å². The van der Waals surface area contributed by atoms with Gasteiger partial charge in [-0.05, 0) is 26.2 Å². The predicted octanol–water partition coefficient (Wildman–Crippen LogP) is 0.0297. The number of nitrogens with zero attached hydrogens (tertiary/aromatic N) is 1. The van der Waals surface area contributed by atoms with Gasteiger partial charge < -0.3 is 20.4 Å². The first-order valence-electron chi connectivity index (χ1n) is 4.85. The number of hydrogen-bond donors (Lipinski definition) is 2. The molecule has 1 heterocycles. The molecule has 0 unspecified atom stereocenters. The van der Waals surface area contributed by atoms with Crippen LogP contribution in [-0.4, -0.2) is 38.0 Å². The molecule has 0 atom stereocenters. The summed E-state index contributed by atoms with van der Waals surface area (Å²) in [7, 11) is 3.90. The van der Waals surface area contributed by atoms with Gasteiger partial charge in [0.1, 0.15) is 5.76 Å². The van der Waals surface area contributed by atoms with E-state index in [0.717, 1.165) is 6.54 Å². The first-order valence-corrected chi connectivity index (χ1v) is 4.85. The first-order chi connectivity index (χ1) is 7.13. The minimum atomic E-state index is -0.198. The normalized spacial score (nSPS) is 10.7. The summed E-state index contributed by atoms with van der Waals surface area (Å²) in [5.41, 5.74) is 5.37. The van der Waals surface area contributed by atoms with E-state index in [-0.39, 0.29) is 5.91 Å². The highest BCUT2D eigenvalue weighted by Crippen LogP contribution is 2.06. The Labute approximate surface area is 89.2 Å². The molecule has 0 saturated carbocycles. The molecule has 1 amide bonds. The maximum Gasteiger partial charge on any atom is 0.287 e. The van der Waals surface area contributed by atoms with Crippen LogP contribution in [0, 0.1) is 0 Å². The lowest BCUT2D eigenvalue weighted by atomic mass is 10.4. The largest absolute Gasteiger partial charge is 0.455 e. The molecule has 84 valence electrons. The Morgan fingerprint density at radius 3 is 2.80 bits per heavy atom. The Balaban J connectivity index is 2.40. The first kappa shape index (κ1) is 11.7. The zero-order valence-electron chi connectivity index (χ0n) is 9.12. The highest BCUT2D eigenvalue weighted by atomic mass is 16.4. The summed E-state index contributed by atoms with van der Waals surface area (Å²) in [6, 6.07) is 3.34. The van der Waals surface area contributed by atoms with Crippen LogP contribution in [0.4, 0.5) is 0 Å². The third kappa shape index (κ3) is 3.73. The second-order valence-corrected chi connectivity index (χ2v) is 3.53. The monoisotopic (exact) mass is 211 g/mol. The predicted molar refractivity (Wildman–Crippen MR) is 57.5 cm³/mol. The molecule has 5 heteroatoms. The van der Waals surface area contributed by atoms with Crippen LogP contribution in [0.25, 0.3) is 0 Å². The number of likely N-dealkylation sites (N-methyl/N-ethyl adjacent to an activating group) is 1. The van der Waals surface area contributed by atoms with Gasteiger partial charge in [-0.25, -0.2) is 0 Å². The number of carbonyl (C=O) groups excluding carboxylic acids is 1. The molecule has 0 aliphatic carbocycles. The van der Waals surface area contributed by atoms with E-state index in [4.69, 9.17) is 10.2 Å². The lowest BCUT2D eigenvalue weighted by Crippen LogP contribution is -2.31. The molecule has 0 aliphatic heterocycles. The van der Waals surface area contributed by atoms with E-state index in [9.17, 15) is 4.79 Å². The van der Waals surface area contributed by atoms with Gasteiger partial charge in [-0.3, -0.25) is 4.79 Å². The molecule has 1 aromatic rings. The fourth-order valence-corrected chi connectivity index (χ4v) is 1.09. The highest BCUT2D eigenvalue weighted by Gasteiger charge is 2.09. The van der Waals surface area contributed by atoms with E-state index in [2.05, 4.69) is 5.32 Å². The standard InChI is InChI=1S/C10H17N3O2/c1-13(2)6-5-12-10(14)9-4-3-8(7-11)15-9/h3-4H,5-7,11H2,1-2H3,(H,12,14). The summed E-state index contributed by atoms with van der Waals surface area (Å²) in [5, 5.41) is 2.75. The maximum atomic E-state index is 11.5. The summed E-state index contributed by atoms with van der Waals surface area (Å²) in [5.74, 6) is 0.735. The van der Waals surface area contributed by atoms with Gasteiger partial charge >= 0.3 is 0 Å². The Morgan fingerprint density at radius 2 is 2.27 bits per heavy atom. The van der Waals surface area contributed by atoms with Crippen LogP contribution in [0.15, 0.2) is 16.5 Å². The number of hydrogen-bond acceptors (Lipinski definition) is 4. The molecule has 3 N–H and O–H groups in total. The number of furan rings is 1. The Hall–Kier alpha value is -1.33. The topological polar surface area (TPSA) is 71.5 Å². The van der Waals surface area contributed by atoms with E-state index in [1.807, 2.05) is 19.0 Å². The van der Waals surface area contributed by atoms with Crippen molar-refractivity contribution in [2.75, 3.05) is 27.2 Å². The summed E-state index contributed by atoms with van der Waals surface area (Å²) in [4.78, 5) is 13.5. The van der Waals surface area contributed by atoms with Gasteiger partial charge in [0.15, 0.2) is 5.76 Å². The molecular weight excluding hydrogens is 194 g/mol. The van der Waals surface area contributed by atoms with Crippen LogP contribution in [0.5, 0.6) is 0 Å². The summed E-state index contributed by atoms with van der Waals surface area (Å²) < 4.78 is 5.20. The van der Waals surface area contributed by atoms with Gasteiger partial charge in [0.25, 0.3) is 5.91 Å². The Kier molecular flexibility index (Phi) is 4.33. The number of carbonyl (C=O) groups is 1. The summed E-state index contributed by atoms with van der Waals surface area (Å²) in [6.07, 6.45) is 0. The van der Waals surface area contributed by atoms with Crippen molar-refractivity contribution in [1.82, 2.24) is 10.2 Å². The quantitative estimate of drug-likeness (QED) is 0.720. The smallest absolute Gasteiger partial charge is 0.287 e. The lowest BCUT2D eigenvalue weighted by Gasteiger charge is -2.09. The van der Waals surface area contributed by atoms with Gasteiger partial charge in [0.05, 0.1) is 6.54 Å². The second kappa shape index (κ2) is 5.53. The molecule has 0 fully saturated rings. The second-order valence-electron chi connectivity index (χ2n) is 3.53. The van der Waals surface area contributed by atoms with Crippen LogP contribution < -0.4 is 11.1 Å². The third-order valence-electron chi connectivity index (χ3n) is 1.93.